The second-order valence-corrected chi connectivity index (χ2v) is 9.82. The van der Waals surface area contributed by atoms with Crippen molar-refractivity contribution in [3.63, 3.8) is 0 Å². The second-order valence-electron chi connectivity index (χ2n) is 7.10. The fraction of sp³-hybridized carbons (Fsp3) is 0.125. The van der Waals surface area contributed by atoms with Crippen LogP contribution in [0.2, 0.25) is 5.02 Å². The summed E-state index contributed by atoms with van der Waals surface area (Å²) in [6, 6.07) is 19.1. The van der Waals surface area contributed by atoms with E-state index in [1.165, 1.54) is 12.1 Å². The van der Waals surface area contributed by atoms with Crippen molar-refractivity contribution in [3.05, 3.63) is 101 Å². The van der Waals surface area contributed by atoms with Gasteiger partial charge >= 0.3 is 0 Å². The summed E-state index contributed by atoms with van der Waals surface area (Å²) >= 11 is 6.01. The Morgan fingerprint density at radius 3 is 2.52 bits per heavy atom. The van der Waals surface area contributed by atoms with Crippen LogP contribution in [0.5, 0.6) is 0 Å². The number of aromatic nitrogens is 2. The summed E-state index contributed by atoms with van der Waals surface area (Å²) in [6.07, 6.45) is 3.80. The quantitative estimate of drug-likeness (QED) is 0.374. The maximum atomic E-state index is 14.1. The Kier molecular flexibility index (Phi) is 5.94. The zero-order chi connectivity index (χ0) is 22.0. The van der Waals surface area contributed by atoms with Gasteiger partial charge in [-0.15, -0.1) is 0 Å². The zero-order valence-electron chi connectivity index (χ0n) is 16.8. The molecule has 7 heteroatoms. The molecule has 0 radical (unpaired) electrons. The normalized spacial score (nSPS) is 11.6. The molecule has 1 aromatic heterocycles. The van der Waals surface area contributed by atoms with Gasteiger partial charge in [0, 0.05) is 29.5 Å². The Labute approximate surface area is 185 Å². The Hall–Kier alpha value is -2.96. The topological polar surface area (TPSA) is 52.0 Å². The number of hydrogen-bond acceptors (Lipinski definition) is 3. The van der Waals surface area contributed by atoms with E-state index in [1.807, 2.05) is 41.1 Å². The third kappa shape index (κ3) is 4.55. The molecule has 4 rings (SSSR count). The maximum Gasteiger partial charge on any atom is 0.178 e. The first-order chi connectivity index (χ1) is 14.9. The summed E-state index contributed by atoms with van der Waals surface area (Å²) < 4.78 is 40.4. The molecule has 0 unspecified atom stereocenters. The third-order valence-electron chi connectivity index (χ3n) is 5.13. The van der Waals surface area contributed by atoms with Crippen molar-refractivity contribution in [3.8, 4) is 16.8 Å². The van der Waals surface area contributed by atoms with Crippen LogP contribution in [0.1, 0.15) is 18.3 Å². The lowest BCUT2D eigenvalue weighted by Gasteiger charge is -2.11. The molecule has 158 valence electrons. The van der Waals surface area contributed by atoms with E-state index in [9.17, 15) is 12.8 Å². The summed E-state index contributed by atoms with van der Waals surface area (Å²) in [4.78, 5) is 4.69. The lowest BCUT2D eigenvalue weighted by atomic mass is 10.1. The minimum absolute atomic E-state index is 0.0615. The van der Waals surface area contributed by atoms with Crippen molar-refractivity contribution in [2.45, 2.75) is 18.2 Å². The molecule has 0 bridgehead atoms. The molecule has 4 nitrogen and oxygen atoms in total. The lowest BCUT2D eigenvalue weighted by Crippen LogP contribution is -2.04. The van der Waals surface area contributed by atoms with Crippen LogP contribution in [0, 0.1) is 5.82 Å². The fourth-order valence-electron chi connectivity index (χ4n) is 3.40. The molecule has 4 aromatic rings. The molecule has 0 amide bonds. The second kappa shape index (κ2) is 8.65. The first-order valence-electron chi connectivity index (χ1n) is 9.77. The van der Waals surface area contributed by atoms with Gasteiger partial charge in [-0.3, -0.25) is 0 Å². The number of nitrogens with zero attached hydrogens (tertiary/aromatic N) is 2. The van der Waals surface area contributed by atoms with E-state index >= 15 is 0 Å². The van der Waals surface area contributed by atoms with Gasteiger partial charge < -0.3 is 4.57 Å². The van der Waals surface area contributed by atoms with Crippen LogP contribution in [0.3, 0.4) is 0 Å². The van der Waals surface area contributed by atoms with Gasteiger partial charge in [-0.05, 0) is 59.2 Å². The first kappa shape index (κ1) is 21.3. The molecular formula is C24H20ClFN2O2S. The maximum absolute atomic E-state index is 14.1. The molecule has 0 atom stereocenters. The van der Waals surface area contributed by atoms with Crippen LogP contribution in [0.15, 0.2) is 84.0 Å². The summed E-state index contributed by atoms with van der Waals surface area (Å²) in [5, 5.41) is 0.478. The highest BCUT2D eigenvalue weighted by molar-refractivity contribution is 7.91. The van der Waals surface area contributed by atoms with Gasteiger partial charge in [-0.25, -0.2) is 17.8 Å². The van der Waals surface area contributed by atoms with E-state index in [2.05, 4.69) is 4.98 Å². The Balaban J connectivity index is 1.63. The van der Waals surface area contributed by atoms with Gasteiger partial charge in [0.05, 0.1) is 10.6 Å². The van der Waals surface area contributed by atoms with Crippen molar-refractivity contribution in [2.75, 3.05) is 5.75 Å². The van der Waals surface area contributed by atoms with E-state index in [-0.39, 0.29) is 11.6 Å². The number of sulfone groups is 1. The predicted octanol–water partition coefficient (Wildman–Crippen LogP) is 5.72. The summed E-state index contributed by atoms with van der Waals surface area (Å²) in [5.74, 6) is 0.424. The van der Waals surface area contributed by atoms with Crippen LogP contribution in [-0.4, -0.2) is 23.7 Å². The fourth-order valence-corrected chi connectivity index (χ4v) is 4.52. The average Bonchev–Trinajstić information content (AvgIpc) is 3.24. The van der Waals surface area contributed by atoms with Crippen molar-refractivity contribution in [1.82, 2.24) is 9.55 Å². The molecule has 0 N–H and O–H groups in total. The molecule has 0 aliphatic heterocycles. The van der Waals surface area contributed by atoms with E-state index in [0.717, 1.165) is 16.8 Å². The molecule has 0 saturated carbocycles. The number of hydrogen-bond donors (Lipinski definition) is 0. The summed E-state index contributed by atoms with van der Waals surface area (Å²) in [5.41, 5.74) is 3.08. The summed E-state index contributed by atoms with van der Waals surface area (Å²) in [7, 11) is -3.27. The minimum atomic E-state index is -3.27. The molecule has 3 aromatic carbocycles. The Morgan fingerprint density at radius 2 is 1.77 bits per heavy atom. The van der Waals surface area contributed by atoms with Crippen molar-refractivity contribution < 1.29 is 12.8 Å². The number of benzene rings is 3. The van der Waals surface area contributed by atoms with Crippen molar-refractivity contribution >= 4 is 21.4 Å². The molecule has 0 fully saturated rings. The van der Waals surface area contributed by atoms with Crippen molar-refractivity contribution in [1.29, 1.82) is 0 Å². The smallest absolute Gasteiger partial charge is 0.178 e. The number of rotatable bonds is 6. The highest BCUT2D eigenvalue weighted by Gasteiger charge is 2.13. The van der Waals surface area contributed by atoms with Gasteiger partial charge in [-0.1, -0.05) is 42.8 Å². The van der Waals surface area contributed by atoms with Gasteiger partial charge in [0.15, 0.2) is 9.84 Å². The van der Waals surface area contributed by atoms with Gasteiger partial charge in [0.25, 0.3) is 0 Å². The zero-order valence-corrected chi connectivity index (χ0v) is 18.4. The number of imidazole rings is 1. The van der Waals surface area contributed by atoms with E-state index in [1.54, 1.807) is 37.4 Å². The van der Waals surface area contributed by atoms with Gasteiger partial charge in [0.1, 0.15) is 11.6 Å². The SMILES string of the molecule is CCS(=O)(=O)c1cccc(-c2ccc(-n3ccnc3Cc3cc(Cl)ccc3F)cc2)c1. The monoisotopic (exact) mass is 454 g/mol. The Bertz CT molecular complexity index is 1330. The Morgan fingerprint density at radius 1 is 1.00 bits per heavy atom. The van der Waals surface area contributed by atoms with Crippen LogP contribution >= 0.6 is 11.6 Å². The molecule has 31 heavy (non-hydrogen) atoms. The molecule has 0 spiro atoms. The van der Waals surface area contributed by atoms with Gasteiger partial charge in [0.2, 0.25) is 0 Å². The van der Waals surface area contributed by atoms with Crippen LogP contribution in [0.25, 0.3) is 16.8 Å². The first-order valence-corrected chi connectivity index (χ1v) is 11.8. The predicted molar refractivity (Wildman–Crippen MR) is 121 cm³/mol. The molecule has 1 heterocycles. The minimum Gasteiger partial charge on any atom is -0.303 e. The van der Waals surface area contributed by atoms with Crippen LogP contribution < -0.4 is 0 Å². The average molecular weight is 455 g/mol. The lowest BCUT2D eigenvalue weighted by molar-refractivity contribution is 0.597. The largest absolute Gasteiger partial charge is 0.303 e. The van der Waals surface area contributed by atoms with E-state index in [4.69, 9.17) is 11.6 Å². The standard InChI is InChI=1S/C24H20ClFN2O2S/c1-2-31(29,30)22-5-3-4-18(15-22)17-6-9-21(10-7-17)28-13-12-27-24(28)16-19-14-20(25)8-11-23(19)26/h3-15H,2,16H2,1H3. The van der Waals surface area contributed by atoms with Crippen LogP contribution in [-0.2, 0) is 16.3 Å². The molecule has 0 aliphatic carbocycles. The highest BCUT2D eigenvalue weighted by atomic mass is 35.5. The van der Waals surface area contributed by atoms with Crippen LogP contribution in [0.4, 0.5) is 4.39 Å². The highest BCUT2D eigenvalue weighted by Crippen LogP contribution is 2.25. The number of halogens is 2. The molecular weight excluding hydrogens is 435 g/mol. The van der Waals surface area contributed by atoms with Crippen molar-refractivity contribution in [2.24, 2.45) is 0 Å². The molecule has 0 aliphatic rings. The molecule has 0 saturated heterocycles. The van der Waals surface area contributed by atoms with E-state index < -0.39 is 9.84 Å². The van der Waals surface area contributed by atoms with Gasteiger partial charge in [-0.2, -0.15) is 0 Å². The third-order valence-corrected chi connectivity index (χ3v) is 7.09. The summed E-state index contributed by atoms with van der Waals surface area (Å²) in [6.45, 7) is 1.63. The van der Waals surface area contributed by atoms with E-state index in [0.29, 0.717) is 27.7 Å².